The number of hydrogen-bond acceptors (Lipinski definition) is 4. The van der Waals surface area contributed by atoms with Gasteiger partial charge in [-0.1, -0.05) is 39.7 Å². The number of nitro groups is 1. The third-order valence-electron chi connectivity index (χ3n) is 3.89. The maximum Gasteiger partial charge on any atom is 0.269 e. The summed E-state index contributed by atoms with van der Waals surface area (Å²) >= 11 is 9.54. The van der Waals surface area contributed by atoms with Gasteiger partial charge in [0.25, 0.3) is 5.69 Å². The number of non-ortho nitro benzene ring substituents is 1. The highest BCUT2D eigenvalue weighted by Crippen LogP contribution is 2.25. The Bertz CT molecular complexity index is 931. The van der Waals surface area contributed by atoms with Crippen LogP contribution >= 0.6 is 27.5 Å². The number of halogens is 2. The molecule has 0 unspecified atom stereocenters. The lowest BCUT2D eigenvalue weighted by Crippen LogP contribution is -2.04. The molecule has 138 valence electrons. The second kappa shape index (κ2) is 8.88. The van der Waals surface area contributed by atoms with E-state index in [0.29, 0.717) is 18.2 Å². The van der Waals surface area contributed by atoms with Crippen LogP contribution in [0.1, 0.15) is 11.1 Å². The molecular formula is C20H16BrClN2O3. The molecule has 0 aliphatic carbocycles. The zero-order valence-corrected chi connectivity index (χ0v) is 16.5. The molecule has 0 fully saturated rings. The van der Waals surface area contributed by atoms with Crippen molar-refractivity contribution in [3.63, 3.8) is 0 Å². The van der Waals surface area contributed by atoms with Gasteiger partial charge in [0, 0.05) is 39.4 Å². The van der Waals surface area contributed by atoms with Crippen LogP contribution in [-0.2, 0) is 13.2 Å². The summed E-state index contributed by atoms with van der Waals surface area (Å²) in [6.45, 7) is 0.924. The van der Waals surface area contributed by atoms with Gasteiger partial charge in [0.2, 0.25) is 0 Å². The molecule has 0 spiro atoms. The topological polar surface area (TPSA) is 64.4 Å². The van der Waals surface area contributed by atoms with E-state index in [2.05, 4.69) is 21.2 Å². The van der Waals surface area contributed by atoms with E-state index < -0.39 is 4.92 Å². The zero-order chi connectivity index (χ0) is 19.2. The van der Waals surface area contributed by atoms with Gasteiger partial charge in [0.05, 0.1) is 4.92 Å². The molecule has 0 amide bonds. The van der Waals surface area contributed by atoms with Crippen LogP contribution in [-0.4, -0.2) is 4.92 Å². The third-order valence-corrected chi connectivity index (χ3v) is 4.65. The van der Waals surface area contributed by atoms with Crippen LogP contribution < -0.4 is 10.1 Å². The predicted molar refractivity (Wildman–Crippen MR) is 110 cm³/mol. The van der Waals surface area contributed by atoms with Crippen LogP contribution in [0.15, 0.2) is 71.2 Å². The molecule has 3 aromatic carbocycles. The smallest absolute Gasteiger partial charge is 0.269 e. The van der Waals surface area contributed by atoms with Crippen molar-refractivity contribution in [2.24, 2.45) is 0 Å². The summed E-state index contributed by atoms with van der Waals surface area (Å²) in [5.41, 5.74) is 2.79. The van der Waals surface area contributed by atoms with Crippen molar-refractivity contribution < 1.29 is 9.66 Å². The van der Waals surface area contributed by atoms with Crippen LogP contribution in [0.4, 0.5) is 11.4 Å². The molecule has 0 bridgehead atoms. The first-order valence-electron chi connectivity index (χ1n) is 8.15. The molecule has 5 nitrogen and oxygen atoms in total. The molecule has 0 heterocycles. The van der Waals surface area contributed by atoms with Crippen LogP contribution in [0.5, 0.6) is 5.75 Å². The van der Waals surface area contributed by atoms with E-state index in [1.807, 2.05) is 36.4 Å². The molecule has 0 atom stereocenters. The predicted octanol–water partition coefficient (Wildman–Crippen LogP) is 6.20. The Balaban J connectivity index is 1.68. The fraction of sp³-hybridized carbons (Fsp3) is 0.100. The monoisotopic (exact) mass is 446 g/mol. The minimum atomic E-state index is -0.422. The highest BCUT2D eigenvalue weighted by atomic mass is 79.9. The lowest BCUT2D eigenvalue weighted by molar-refractivity contribution is -0.384. The largest absolute Gasteiger partial charge is 0.489 e. The molecule has 1 N–H and O–H groups in total. The van der Waals surface area contributed by atoms with Gasteiger partial charge in [-0.25, -0.2) is 0 Å². The molecule has 0 aromatic heterocycles. The van der Waals surface area contributed by atoms with Crippen molar-refractivity contribution in [2.75, 3.05) is 5.32 Å². The van der Waals surface area contributed by atoms with E-state index in [-0.39, 0.29) is 5.69 Å². The van der Waals surface area contributed by atoms with E-state index in [4.69, 9.17) is 16.3 Å². The van der Waals surface area contributed by atoms with Gasteiger partial charge < -0.3 is 10.1 Å². The van der Waals surface area contributed by atoms with Crippen LogP contribution in [0.25, 0.3) is 0 Å². The number of hydrogen-bond donors (Lipinski definition) is 1. The number of ether oxygens (including phenoxy) is 1. The molecule has 3 rings (SSSR count). The van der Waals surface area contributed by atoms with E-state index in [1.54, 1.807) is 18.2 Å². The van der Waals surface area contributed by atoms with Gasteiger partial charge in [0.1, 0.15) is 12.4 Å². The number of nitrogens with one attached hydrogen (secondary N) is 1. The van der Waals surface area contributed by atoms with Crippen molar-refractivity contribution in [1.29, 1.82) is 0 Å². The first-order chi connectivity index (χ1) is 13.0. The van der Waals surface area contributed by atoms with Crippen molar-refractivity contribution in [2.45, 2.75) is 13.2 Å². The Morgan fingerprint density at radius 3 is 2.41 bits per heavy atom. The minimum Gasteiger partial charge on any atom is -0.489 e. The van der Waals surface area contributed by atoms with Crippen LogP contribution in [0, 0.1) is 10.1 Å². The second-order valence-corrected chi connectivity index (χ2v) is 7.18. The van der Waals surface area contributed by atoms with Gasteiger partial charge in [-0.3, -0.25) is 10.1 Å². The molecule has 0 saturated heterocycles. The van der Waals surface area contributed by atoms with Gasteiger partial charge >= 0.3 is 0 Å². The minimum absolute atomic E-state index is 0.0572. The van der Waals surface area contributed by atoms with E-state index in [0.717, 1.165) is 27.0 Å². The quantitative estimate of drug-likeness (QED) is 0.346. The number of anilines is 1. The summed E-state index contributed by atoms with van der Waals surface area (Å²) in [7, 11) is 0. The van der Waals surface area contributed by atoms with Crippen molar-refractivity contribution in [3.05, 3.63) is 97.5 Å². The van der Waals surface area contributed by atoms with Crippen LogP contribution in [0.2, 0.25) is 5.02 Å². The molecule has 7 heteroatoms. The van der Waals surface area contributed by atoms with E-state index in [9.17, 15) is 10.1 Å². The molecule has 3 aromatic rings. The van der Waals surface area contributed by atoms with Gasteiger partial charge in [0.15, 0.2) is 0 Å². The standard InChI is InChI=1S/C20H16BrClN2O3/c21-16-3-1-14(2-4-16)13-27-20-10-5-17(22)11-15(20)12-23-18-6-8-19(9-7-18)24(25)26/h1-11,23H,12-13H2. The fourth-order valence-corrected chi connectivity index (χ4v) is 2.93. The Labute approximate surface area is 170 Å². The first kappa shape index (κ1) is 19.2. The molecular weight excluding hydrogens is 432 g/mol. The molecule has 0 radical (unpaired) electrons. The Morgan fingerprint density at radius 2 is 1.74 bits per heavy atom. The SMILES string of the molecule is O=[N+]([O-])c1ccc(NCc2cc(Cl)ccc2OCc2ccc(Br)cc2)cc1. The molecule has 0 saturated carbocycles. The molecule has 0 aliphatic heterocycles. The molecule has 27 heavy (non-hydrogen) atoms. The summed E-state index contributed by atoms with van der Waals surface area (Å²) in [5, 5.41) is 14.6. The summed E-state index contributed by atoms with van der Waals surface area (Å²) in [4.78, 5) is 10.3. The summed E-state index contributed by atoms with van der Waals surface area (Å²) in [6, 6.07) is 19.7. The van der Waals surface area contributed by atoms with Gasteiger partial charge in [-0.15, -0.1) is 0 Å². The van der Waals surface area contributed by atoms with Crippen molar-refractivity contribution in [3.8, 4) is 5.75 Å². The fourth-order valence-electron chi connectivity index (χ4n) is 2.47. The summed E-state index contributed by atoms with van der Waals surface area (Å²) in [6.07, 6.45) is 0. The van der Waals surface area contributed by atoms with E-state index in [1.165, 1.54) is 12.1 Å². The lowest BCUT2D eigenvalue weighted by atomic mass is 10.2. The third kappa shape index (κ3) is 5.45. The van der Waals surface area contributed by atoms with Gasteiger partial charge in [-0.05, 0) is 48.0 Å². The van der Waals surface area contributed by atoms with E-state index >= 15 is 0 Å². The average molecular weight is 448 g/mol. The summed E-state index contributed by atoms with van der Waals surface area (Å²) in [5.74, 6) is 0.733. The lowest BCUT2D eigenvalue weighted by Gasteiger charge is -2.13. The number of benzene rings is 3. The van der Waals surface area contributed by atoms with Crippen LogP contribution in [0.3, 0.4) is 0 Å². The highest BCUT2D eigenvalue weighted by Gasteiger charge is 2.07. The number of nitro benzene ring substituents is 1. The second-order valence-electron chi connectivity index (χ2n) is 5.82. The average Bonchev–Trinajstić information content (AvgIpc) is 2.67. The summed E-state index contributed by atoms with van der Waals surface area (Å²) < 4.78 is 6.97. The normalized spacial score (nSPS) is 10.4. The zero-order valence-electron chi connectivity index (χ0n) is 14.2. The Hall–Kier alpha value is -2.57. The Kier molecular flexibility index (Phi) is 6.32. The number of rotatable bonds is 7. The van der Waals surface area contributed by atoms with Crippen molar-refractivity contribution >= 4 is 38.9 Å². The van der Waals surface area contributed by atoms with Crippen molar-refractivity contribution in [1.82, 2.24) is 0 Å². The maximum atomic E-state index is 10.7. The number of nitrogens with zero attached hydrogens (tertiary/aromatic N) is 1. The molecule has 0 aliphatic rings. The van der Waals surface area contributed by atoms with Gasteiger partial charge in [-0.2, -0.15) is 0 Å². The highest BCUT2D eigenvalue weighted by molar-refractivity contribution is 9.10. The Morgan fingerprint density at radius 1 is 1.04 bits per heavy atom. The first-order valence-corrected chi connectivity index (χ1v) is 9.32. The maximum absolute atomic E-state index is 10.7.